The first-order valence-corrected chi connectivity index (χ1v) is 4.74. The summed E-state index contributed by atoms with van der Waals surface area (Å²) in [5, 5.41) is 2.98. The quantitative estimate of drug-likeness (QED) is 0.717. The number of rotatable bonds is 2. The Labute approximate surface area is 86.5 Å². The van der Waals surface area contributed by atoms with Crippen LogP contribution in [-0.4, -0.2) is 36.6 Å². The molecule has 1 fully saturated rings. The summed E-state index contributed by atoms with van der Waals surface area (Å²) < 4.78 is 18.4. The molecule has 2 rings (SSSR count). The summed E-state index contributed by atoms with van der Waals surface area (Å²) in [5.74, 6) is -0.871. The van der Waals surface area contributed by atoms with Crippen molar-refractivity contribution in [2.45, 2.75) is 6.04 Å². The van der Waals surface area contributed by atoms with Crippen molar-refractivity contribution in [3.05, 3.63) is 29.8 Å². The van der Waals surface area contributed by atoms with Crippen molar-refractivity contribution in [1.82, 2.24) is 10.3 Å². The fourth-order valence-electron chi connectivity index (χ4n) is 1.50. The molecule has 15 heavy (non-hydrogen) atoms. The number of carbonyl (C=O) groups is 1. The zero-order chi connectivity index (χ0) is 10.7. The van der Waals surface area contributed by atoms with Gasteiger partial charge in [0, 0.05) is 12.7 Å². The summed E-state index contributed by atoms with van der Waals surface area (Å²) in [6, 6.07) is 0.934. The molecule has 1 aromatic rings. The lowest BCUT2D eigenvalue weighted by Crippen LogP contribution is -2.46. The first-order valence-electron chi connectivity index (χ1n) is 4.74. The molecule has 1 aliphatic heterocycles. The second kappa shape index (κ2) is 4.46. The van der Waals surface area contributed by atoms with Crippen molar-refractivity contribution >= 4 is 5.78 Å². The van der Waals surface area contributed by atoms with Crippen molar-refractivity contribution in [3.8, 4) is 0 Å². The molecule has 0 aliphatic carbocycles. The molecular formula is C10H11FN2O2. The van der Waals surface area contributed by atoms with E-state index in [2.05, 4.69) is 10.3 Å². The summed E-state index contributed by atoms with van der Waals surface area (Å²) in [4.78, 5) is 15.4. The second-order valence-electron chi connectivity index (χ2n) is 3.30. The molecule has 1 aromatic heterocycles. The normalized spacial score (nSPS) is 21.3. The molecule has 4 nitrogen and oxygen atoms in total. The topological polar surface area (TPSA) is 51.2 Å². The van der Waals surface area contributed by atoms with E-state index in [1.165, 1.54) is 12.3 Å². The van der Waals surface area contributed by atoms with E-state index in [-0.39, 0.29) is 11.3 Å². The molecule has 1 unspecified atom stereocenters. The van der Waals surface area contributed by atoms with Gasteiger partial charge in [-0.25, -0.2) is 4.39 Å². The Balaban J connectivity index is 2.16. The predicted octanol–water partition coefficient (Wildman–Crippen LogP) is 0.392. The molecule has 0 bridgehead atoms. The van der Waals surface area contributed by atoms with Crippen LogP contribution in [0.2, 0.25) is 0 Å². The van der Waals surface area contributed by atoms with Crippen molar-refractivity contribution in [2.75, 3.05) is 19.8 Å². The summed E-state index contributed by atoms with van der Waals surface area (Å²) in [6.07, 6.45) is 2.44. The van der Waals surface area contributed by atoms with Gasteiger partial charge in [-0.1, -0.05) is 0 Å². The Morgan fingerprint density at radius 3 is 3.20 bits per heavy atom. The number of hydrogen-bond acceptors (Lipinski definition) is 4. The molecule has 2 heterocycles. The van der Waals surface area contributed by atoms with Crippen molar-refractivity contribution in [2.24, 2.45) is 0 Å². The summed E-state index contributed by atoms with van der Waals surface area (Å²) in [7, 11) is 0. The first kappa shape index (κ1) is 10.2. The van der Waals surface area contributed by atoms with Gasteiger partial charge in [0.2, 0.25) is 0 Å². The number of pyridine rings is 1. The third kappa shape index (κ3) is 2.19. The molecule has 0 radical (unpaired) electrons. The van der Waals surface area contributed by atoms with Crippen LogP contribution in [0, 0.1) is 5.82 Å². The van der Waals surface area contributed by atoms with Crippen molar-refractivity contribution < 1.29 is 13.9 Å². The Bertz CT molecular complexity index is 364. The van der Waals surface area contributed by atoms with Crippen LogP contribution in [0.25, 0.3) is 0 Å². The standard InChI is InChI=1S/C10H11FN2O2/c11-8-5-12-2-1-7(8)10(14)9-6-15-4-3-13-9/h1-2,5,9,13H,3-4,6H2. The van der Waals surface area contributed by atoms with Gasteiger partial charge in [-0.3, -0.25) is 9.78 Å². The van der Waals surface area contributed by atoms with E-state index in [0.29, 0.717) is 19.8 Å². The number of aromatic nitrogens is 1. The Hall–Kier alpha value is -1.33. The number of nitrogens with one attached hydrogen (secondary N) is 1. The van der Waals surface area contributed by atoms with E-state index in [9.17, 15) is 9.18 Å². The number of Topliss-reactive ketones (excluding diaryl/α,β-unsaturated/α-hetero) is 1. The SMILES string of the molecule is O=C(c1ccncc1F)C1COCCN1. The van der Waals surface area contributed by atoms with Crippen LogP contribution >= 0.6 is 0 Å². The third-order valence-corrected chi connectivity index (χ3v) is 2.28. The monoisotopic (exact) mass is 210 g/mol. The molecule has 0 aromatic carbocycles. The van der Waals surface area contributed by atoms with E-state index in [1.807, 2.05) is 0 Å². The summed E-state index contributed by atoms with van der Waals surface area (Å²) in [5.41, 5.74) is 0.0630. The van der Waals surface area contributed by atoms with E-state index < -0.39 is 11.9 Å². The number of morpholine rings is 1. The molecule has 80 valence electrons. The van der Waals surface area contributed by atoms with Gasteiger partial charge in [0.25, 0.3) is 0 Å². The van der Waals surface area contributed by atoms with Crippen molar-refractivity contribution in [3.63, 3.8) is 0 Å². The van der Waals surface area contributed by atoms with Crippen molar-refractivity contribution in [1.29, 1.82) is 0 Å². The van der Waals surface area contributed by atoms with Crippen LogP contribution in [0.4, 0.5) is 4.39 Å². The molecule has 0 spiro atoms. The number of ether oxygens (including phenoxy) is 1. The maximum atomic E-state index is 13.2. The Morgan fingerprint density at radius 1 is 1.67 bits per heavy atom. The minimum atomic E-state index is -0.588. The number of halogens is 1. The van der Waals surface area contributed by atoms with E-state index >= 15 is 0 Å². The highest BCUT2D eigenvalue weighted by Crippen LogP contribution is 2.09. The highest BCUT2D eigenvalue weighted by Gasteiger charge is 2.24. The zero-order valence-electron chi connectivity index (χ0n) is 8.07. The molecule has 1 atom stereocenters. The minimum Gasteiger partial charge on any atom is -0.378 e. The predicted molar refractivity (Wildman–Crippen MR) is 51.1 cm³/mol. The van der Waals surface area contributed by atoms with Gasteiger partial charge in [-0.15, -0.1) is 0 Å². The Kier molecular flexibility index (Phi) is 3.03. The molecule has 1 N–H and O–H groups in total. The smallest absolute Gasteiger partial charge is 0.185 e. The fourth-order valence-corrected chi connectivity index (χ4v) is 1.50. The second-order valence-corrected chi connectivity index (χ2v) is 3.30. The summed E-state index contributed by atoms with van der Waals surface area (Å²) >= 11 is 0. The molecule has 1 aliphatic rings. The lowest BCUT2D eigenvalue weighted by atomic mass is 10.1. The highest BCUT2D eigenvalue weighted by atomic mass is 19.1. The van der Waals surface area contributed by atoms with Gasteiger partial charge >= 0.3 is 0 Å². The maximum absolute atomic E-state index is 13.2. The average molecular weight is 210 g/mol. The lowest BCUT2D eigenvalue weighted by molar-refractivity contribution is 0.0604. The molecule has 0 saturated carbocycles. The lowest BCUT2D eigenvalue weighted by Gasteiger charge is -2.22. The molecule has 1 saturated heterocycles. The van der Waals surface area contributed by atoms with E-state index in [4.69, 9.17) is 4.74 Å². The fraction of sp³-hybridized carbons (Fsp3) is 0.400. The molecule has 0 amide bonds. The van der Waals surface area contributed by atoms with Crippen LogP contribution in [-0.2, 0) is 4.74 Å². The maximum Gasteiger partial charge on any atom is 0.185 e. The zero-order valence-corrected chi connectivity index (χ0v) is 8.07. The van der Waals surface area contributed by atoms with Crippen LogP contribution in [0.15, 0.2) is 18.5 Å². The first-order chi connectivity index (χ1) is 7.29. The van der Waals surface area contributed by atoms with Gasteiger partial charge in [-0.2, -0.15) is 0 Å². The van der Waals surface area contributed by atoms with Crippen LogP contribution in [0.3, 0.4) is 0 Å². The largest absolute Gasteiger partial charge is 0.378 e. The van der Waals surface area contributed by atoms with Crippen LogP contribution in [0.5, 0.6) is 0 Å². The Morgan fingerprint density at radius 2 is 2.53 bits per heavy atom. The van der Waals surface area contributed by atoms with Crippen LogP contribution < -0.4 is 5.32 Å². The van der Waals surface area contributed by atoms with E-state index in [1.54, 1.807) is 0 Å². The number of ketones is 1. The number of nitrogens with zero attached hydrogens (tertiary/aromatic N) is 1. The van der Waals surface area contributed by atoms with Gasteiger partial charge in [0.1, 0.15) is 0 Å². The van der Waals surface area contributed by atoms with Gasteiger partial charge < -0.3 is 10.1 Å². The third-order valence-electron chi connectivity index (χ3n) is 2.28. The molecule has 5 heteroatoms. The van der Waals surface area contributed by atoms with Gasteiger partial charge in [0.15, 0.2) is 11.6 Å². The summed E-state index contributed by atoms with van der Waals surface area (Å²) in [6.45, 7) is 1.49. The van der Waals surface area contributed by atoms with Gasteiger partial charge in [-0.05, 0) is 6.07 Å². The number of hydrogen-bond donors (Lipinski definition) is 1. The average Bonchev–Trinajstić information content (AvgIpc) is 2.30. The van der Waals surface area contributed by atoms with Gasteiger partial charge in [0.05, 0.1) is 31.0 Å². The van der Waals surface area contributed by atoms with Crippen LogP contribution in [0.1, 0.15) is 10.4 Å². The number of carbonyl (C=O) groups excluding carboxylic acids is 1. The minimum absolute atomic E-state index is 0.0630. The molecular weight excluding hydrogens is 199 g/mol. The highest BCUT2D eigenvalue weighted by molar-refractivity contribution is 6.00. The van der Waals surface area contributed by atoms with E-state index in [0.717, 1.165) is 6.20 Å².